The molecule has 2 unspecified atom stereocenters. The minimum atomic E-state index is -0.671. The molecule has 1 aliphatic heterocycles. The number of hydrogen-bond acceptors (Lipinski definition) is 5. The van der Waals surface area contributed by atoms with Crippen molar-refractivity contribution in [2.45, 2.75) is 31.5 Å². The summed E-state index contributed by atoms with van der Waals surface area (Å²) in [5, 5.41) is 10.1. The number of nitrogens with zero attached hydrogens (tertiary/aromatic N) is 1. The molecule has 0 aromatic heterocycles. The number of aliphatic hydroxyl groups excluding tert-OH is 1. The summed E-state index contributed by atoms with van der Waals surface area (Å²) in [4.78, 5) is 13.2. The van der Waals surface area contributed by atoms with Gasteiger partial charge in [-0.1, -0.05) is 18.2 Å². The average molecular weight is 293 g/mol. The molecule has 21 heavy (non-hydrogen) atoms. The Morgan fingerprint density at radius 1 is 1.48 bits per heavy atom. The molecule has 6 heteroatoms. The maximum atomic E-state index is 11.3. The van der Waals surface area contributed by atoms with E-state index in [1.165, 1.54) is 0 Å². The van der Waals surface area contributed by atoms with E-state index < -0.39 is 6.10 Å². The van der Waals surface area contributed by atoms with Crippen molar-refractivity contribution in [1.82, 2.24) is 4.90 Å². The summed E-state index contributed by atoms with van der Waals surface area (Å²) in [6, 6.07) is 7.22. The van der Waals surface area contributed by atoms with Crippen LogP contribution in [-0.4, -0.2) is 47.8 Å². The van der Waals surface area contributed by atoms with Gasteiger partial charge in [0.25, 0.3) is 0 Å². The third kappa shape index (κ3) is 4.17. The van der Waals surface area contributed by atoms with Gasteiger partial charge in [-0.15, -0.1) is 0 Å². The lowest BCUT2D eigenvalue weighted by Crippen LogP contribution is -2.44. The van der Waals surface area contributed by atoms with Crippen molar-refractivity contribution in [3.63, 3.8) is 0 Å². The lowest BCUT2D eigenvalue weighted by atomic mass is 10.2. The smallest absolute Gasteiger partial charge is 0.234 e. The van der Waals surface area contributed by atoms with E-state index in [-0.39, 0.29) is 18.6 Å². The first-order valence-electron chi connectivity index (χ1n) is 7.24. The molecule has 0 aliphatic carbocycles. The van der Waals surface area contributed by atoms with Gasteiger partial charge in [-0.05, 0) is 25.5 Å². The number of carbonyl (C=O) groups excluding carboxylic acids is 1. The second kappa shape index (κ2) is 7.40. The zero-order valence-corrected chi connectivity index (χ0v) is 12.1. The van der Waals surface area contributed by atoms with Crippen LogP contribution in [0.3, 0.4) is 0 Å². The SMILES string of the molecule is NCc1ccccc1OCC(O)CN1CCCC1C(N)=O. The molecule has 1 saturated heterocycles. The van der Waals surface area contributed by atoms with E-state index in [9.17, 15) is 9.90 Å². The normalized spacial score (nSPS) is 20.4. The van der Waals surface area contributed by atoms with Crippen LogP contribution in [0, 0.1) is 0 Å². The Balaban J connectivity index is 1.84. The second-order valence-corrected chi connectivity index (χ2v) is 5.33. The molecule has 1 aromatic rings. The molecule has 2 atom stereocenters. The van der Waals surface area contributed by atoms with Gasteiger partial charge in [0.1, 0.15) is 18.5 Å². The van der Waals surface area contributed by atoms with Gasteiger partial charge < -0.3 is 21.3 Å². The monoisotopic (exact) mass is 293 g/mol. The standard InChI is InChI=1S/C15H23N3O3/c16-8-11-4-1-2-6-14(11)21-10-12(19)9-18-7-3-5-13(18)15(17)20/h1-2,4,6,12-13,19H,3,5,7-10,16H2,(H2,17,20). The van der Waals surface area contributed by atoms with E-state index in [1.807, 2.05) is 29.2 Å². The largest absolute Gasteiger partial charge is 0.491 e. The number of hydrogen-bond donors (Lipinski definition) is 3. The molecule has 1 amide bonds. The molecular weight excluding hydrogens is 270 g/mol. The van der Waals surface area contributed by atoms with Crippen LogP contribution in [0.15, 0.2) is 24.3 Å². The number of aliphatic hydroxyl groups is 1. The number of ether oxygens (including phenoxy) is 1. The molecular formula is C15H23N3O3. The third-order valence-electron chi connectivity index (χ3n) is 3.76. The maximum absolute atomic E-state index is 11.3. The Hall–Kier alpha value is -1.63. The number of β-amino-alcohol motifs (C(OH)–C–C–N with tert-alkyl or cyclic N) is 1. The van der Waals surface area contributed by atoms with Gasteiger partial charge in [-0.25, -0.2) is 0 Å². The topological polar surface area (TPSA) is 102 Å². The van der Waals surface area contributed by atoms with Crippen LogP contribution in [0.1, 0.15) is 18.4 Å². The second-order valence-electron chi connectivity index (χ2n) is 5.33. The minimum absolute atomic E-state index is 0.166. The number of benzene rings is 1. The zero-order chi connectivity index (χ0) is 15.2. The molecule has 1 heterocycles. The number of nitrogens with two attached hydrogens (primary N) is 2. The third-order valence-corrected chi connectivity index (χ3v) is 3.76. The number of rotatable bonds is 7. The quantitative estimate of drug-likeness (QED) is 0.648. The molecule has 6 nitrogen and oxygen atoms in total. The Kier molecular flexibility index (Phi) is 5.55. The highest BCUT2D eigenvalue weighted by atomic mass is 16.5. The fourth-order valence-corrected chi connectivity index (χ4v) is 2.69. The van der Waals surface area contributed by atoms with Crippen LogP contribution >= 0.6 is 0 Å². The molecule has 5 N–H and O–H groups in total. The van der Waals surface area contributed by atoms with Gasteiger partial charge in [0.2, 0.25) is 5.91 Å². The predicted molar refractivity (Wildman–Crippen MR) is 79.6 cm³/mol. The molecule has 0 bridgehead atoms. The van der Waals surface area contributed by atoms with Crippen LogP contribution < -0.4 is 16.2 Å². The van der Waals surface area contributed by atoms with Crippen LogP contribution in [0.25, 0.3) is 0 Å². The van der Waals surface area contributed by atoms with E-state index in [1.54, 1.807) is 0 Å². The van der Waals surface area contributed by atoms with Crippen molar-refractivity contribution in [3.8, 4) is 5.75 Å². The Morgan fingerprint density at radius 2 is 2.24 bits per heavy atom. The van der Waals surface area contributed by atoms with Crippen molar-refractivity contribution < 1.29 is 14.6 Å². The van der Waals surface area contributed by atoms with Crippen molar-refractivity contribution >= 4 is 5.91 Å². The highest BCUT2D eigenvalue weighted by Crippen LogP contribution is 2.19. The van der Waals surface area contributed by atoms with Crippen LogP contribution in [0.5, 0.6) is 5.75 Å². The summed E-state index contributed by atoms with van der Waals surface area (Å²) >= 11 is 0. The van der Waals surface area contributed by atoms with Gasteiger partial charge in [0, 0.05) is 18.7 Å². The van der Waals surface area contributed by atoms with E-state index in [2.05, 4.69) is 0 Å². The maximum Gasteiger partial charge on any atom is 0.234 e. The minimum Gasteiger partial charge on any atom is -0.491 e. The lowest BCUT2D eigenvalue weighted by Gasteiger charge is -2.24. The molecule has 2 rings (SSSR count). The number of carbonyl (C=O) groups is 1. The summed E-state index contributed by atoms with van der Waals surface area (Å²) in [5.74, 6) is 0.362. The summed E-state index contributed by atoms with van der Waals surface area (Å²) in [6.45, 7) is 1.73. The lowest BCUT2D eigenvalue weighted by molar-refractivity contribution is -0.122. The molecule has 1 fully saturated rings. The van der Waals surface area contributed by atoms with Gasteiger partial charge in [0.05, 0.1) is 6.04 Å². The van der Waals surface area contributed by atoms with E-state index in [4.69, 9.17) is 16.2 Å². The molecule has 1 aliphatic rings. The van der Waals surface area contributed by atoms with Crippen molar-refractivity contribution in [2.75, 3.05) is 19.7 Å². The molecule has 0 radical (unpaired) electrons. The van der Waals surface area contributed by atoms with Gasteiger partial charge >= 0.3 is 0 Å². The average Bonchev–Trinajstić information content (AvgIpc) is 2.93. The Morgan fingerprint density at radius 3 is 2.95 bits per heavy atom. The van der Waals surface area contributed by atoms with Gasteiger partial charge in [-0.3, -0.25) is 9.69 Å². The van der Waals surface area contributed by atoms with Crippen molar-refractivity contribution in [3.05, 3.63) is 29.8 Å². The predicted octanol–water partition coefficient (Wildman–Crippen LogP) is -0.165. The number of amides is 1. The Bertz CT molecular complexity index is 481. The number of likely N-dealkylation sites (tertiary alicyclic amines) is 1. The molecule has 116 valence electrons. The highest BCUT2D eigenvalue weighted by molar-refractivity contribution is 5.80. The van der Waals surface area contributed by atoms with E-state index in [0.717, 1.165) is 24.9 Å². The van der Waals surface area contributed by atoms with Crippen molar-refractivity contribution in [1.29, 1.82) is 0 Å². The first kappa shape index (κ1) is 15.8. The molecule has 0 saturated carbocycles. The number of para-hydroxylation sites is 1. The van der Waals surface area contributed by atoms with Crippen LogP contribution in [0.2, 0.25) is 0 Å². The molecule has 0 spiro atoms. The zero-order valence-electron chi connectivity index (χ0n) is 12.1. The summed E-state index contributed by atoms with van der Waals surface area (Å²) in [7, 11) is 0. The van der Waals surface area contributed by atoms with E-state index >= 15 is 0 Å². The summed E-state index contributed by atoms with van der Waals surface area (Å²) in [5.41, 5.74) is 11.9. The molecule has 1 aromatic carbocycles. The van der Waals surface area contributed by atoms with Gasteiger partial charge in [0.15, 0.2) is 0 Å². The first-order valence-corrected chi connectivity index (χ1v) is 7.24. The number of primary amides is 1. The van der Waals surface area contributed by atoms with Crippen LogP contribution in [-0.2, 0) is 11.3 Å². The van der Waals surface area contributed by atoms with E-state index in [0.29, 0.717) is 18.8 Å². The fraction of sp³-hybridized carbons (Fsp3) is 0.533. The first-order chi connectivity index (χ1) is 10.1. The highest BCUT2D eigenvalue weighted by Gasteiger charge is 2.30. The van der Waals surface area contributed by atoms with Crippen molar-refractivity contribution in [2.24, 2.45) is 11.5 Å². The summed E-state index contributed by atoms with van der Waals surface area (Å²) in [6.07, 6.45) is 1.02. The van der Waals surface area contributed by atoms with Gasteiger partial charge in [-0.2, -0.15) is 0 Å². The fourth-order valence-electron chi connectivity index (χ4n) is 2.69. The Labute approximate surface area is 124 Å². The summed E-state index contributed by atoms with van der Waals surface area (Å²) < 4.78 is 5.62. The van der Waals surface area contributed by atoms with Crippen LogP contribution in [0.4, 0.5) is 0 Å².